The van der Waals surface area contributed by atoms with Crippen molar-refractivity contribution in [1.82, 2.24) is 5.32 Å². The SMILES string of the molecule is COc1ccc(/C=C2\C(=O)NC(=O)N(c3cccc(C)c3)C2=O)c(Cc2ccccc2F)c1. The predicted molar refractivity (Wildman–Crippen MR) is 122 cm³/mol. The van der Waals surface area contributed by atoms with Crippen LogP contribution in [0.2, 0.25) is 0 Å². The Labute approximate surface area is 190 Å². The van der Waals surface area contributed by atoms with Gasteiger partial charge in [-0.3, -0.25) is 14.9 Å². The van der Waals surface area contributed by atoms with Crippen molar-refractivity contribution < 1.29 is 23.5 Å². The fraction of sp³-hybridized carbons (Fsp3) is 0.115. The number of ether oxygens (including phenoxy) is 1. The molecule has 0 spiro atoms. The van der Waals surface area contributed by atoms with E-state index >= 15 is 0 Å². The van der Waals surface area contributed by atoms with Crippen molar-refractivity contribution >= 4 is 29.6 Å². The summed E-state index contributed by atoms with van der Waals surface area (Å²) in [5, 5.41) is 2.22. The van der Waals surface area contributed by atoms with Gasteiger partial charge in [-0.15, -0.1) is 0 Å². The number of amides is 4. The van der Waals surface area contributed by atoms with Crippen LogP contribution in [0.4, 0.5) is 14.9 Å². The minimum atomic E-state index is -0.811. The number of rotatable bonds is 5. The van der Waals surface area contributed by atoms with Crippen LogP contribution < -0.4 is 15.0 Å². The Morgan fingerprint density at radius 3 is 2.48 bits per heavy atom. The third kappa shape index (κ3) is 4.52. The molecule has 1 heterocycles. The van der Waals surface area contributed by atoms with E-state index in [1.807, 2.05) is 13.0 Å². The van der Waals surface area contributed by atoms with Gasteiger partial charge in [0.15, 0.2) is 0 Å². The molecule has 4 amide bonds. The number of nitrogens with one attached hydrogen (secondary N) is 1. The molecule has 0 aromatic heterocycles. The largest absolute Gasteiger partial charge is 0.497 e. The van der Waals surface area contributed by atoms with Crippen molar-refractivity contribution in [2.45, 2.75) is 13.3 Å². The number of anilines is 1. The van der Waals surface area contributed by atoms with Crippen LogP contribution in [-0.4, -0.2) is 25.0 Å². The molecule has 0 unspecified atom stereocenters. The van der Waals surface area contributed by atoms with Crippen molar-refractivity contribution in [1.29, 1.82) is 0 Å². The van der Waals surface area contributed by atoms with E-state index in [1.165, 1.54) is 19.3 Å². The maximum Gasteiger partial charge on any atom is 0.335 e. The van der Waals surface area contributed by atoms with Gasteiger partial charge in [-0.1, -0.05) is 36.4 Å². The lowest BCUT2D eigenvalue weighted by atomic mass is 9.96. The first-order valence-corrected chi connectivity index (χ1v) is 10.3. The van der Waals surface area contributed by atoms with Crippen molar-refractivity contribution in [3.8, 4) is 5.75 Å². The fourth-order valence-corrected chi connectivity index (χ4v) is 3.66. The number of barbiturate groups is 1. The van der Waals surface area contributed by atoms with Crippen LogP contribution in [0.1, 0.15) is 22.3 Å². The first-order valence-electron chi connectivity index (χ1n) is 10.3. The number of carbonyl (C=O) groups is 3. The lowest BCUT2D eigenvalue weighted by Gasteiger charge is -2.26. The Morgan fingerprint density at radius 1 is 0.970 bits per heavy atom. The average Bonchev–Trinajstić information content (AvgIpc) is 2.79. The average molecular weight is 444 g/mol. The Bertz CT molecular complexity index is 1300. The number of imide groups is 2. The van der Waals surface area contributed by atoms with E-state index in [2.05, 4.69) is 5.32 Å². The number of nitrogens with zero attached hydrogens (tertiary/aromatic N) is 1. The zero-order chi connectivity index (χ0) is 23.5. The molecule has 4 rings (SSSR count). The second kappa shape index (κ2) is 9.08. The normalized spacial score (nSPS) is 15.1. The molecule has 1 fully saturated rings. The first-order chi connectivity index (χ1) is 15.9. The van der Waals surface area contributed by atoms with Gasteiger partial charge >= 0.3 is 6.03 Å². The van der Waals surface area contributed by atoms with Gasteiger partial charge in [0.2, 0.25) is 0 Å². The van der Waals surface area contributed by atoms with Crippen molar-refractivity contribution in [3.05, 3.63) is 100 Å². The molecule has 1 aliphatic heterocycles. The molecule has 0 aliphatic carbocycles. The number of urea groups is 1. The molecular formula is C26H21FN2O4. The number of hydrogen-bond acceptors (Lipinski definition) is 4. The number of methoxy groups -OCH3 is 1. The van der Waals surface area contributed by atoms with E-state index < -0.39 is 17.8 Å². The Kier molecular flexibility index (Phi) is 6.04. The van der Waals surface area contributed by atoms with E-state index in [0.29, 0.717) is 28.1 Å². The summed E-state index contributed by atoms with van der Waals surface area (Å²) in [5.74, 6) is -1.33. The molecular weight excluding hydrogens is 423 g/mol. The molecule has 0 saturated carbocycles. The van der Waals surface area contributed by atoms with Gasteiger partial charge in [0.1, 0.15) is 17.1 Å². The molecule has 0 radical (unpaired) electrons. The molecule has 1 N–H and O–H groups in total. The van der Waals surface area contributed by atoms with Crippen LogP contribution in [0.5, 0.6) is 5.75 Å². The molecule has 7 heteroatoms. The highest BCUT2D eigenvalue weighted by atomic mass is 19.1. The Morgan fingerprint density at radius 2 is 1.76 bits per heavy atom. The van der Waals surface area contributed by atoms with Crippen molar-refractivity contribution in [2.24, 2.45) is 0 Å². The molecule has 33 heavy (non-hydrogen) atoms. The molecule has 6 nitrogen and oxygen atoms in total. The zero-order valence-corrected chi connectivity index (χ0v) is 18.1. The number of carbonyl (C=O) groups excluding carboxylic acids is 3. The smallest absolute Gasteiger partial charge is 0.335 e. The number of aryl methyl sites for hydroxylation is 1. The third-order valence-corrected chi connectivity index (χ3v) is 5.35. The number of halogens is 1. The van der Waals surface area contributed by atoms with Crippen LogP contribution in [0.15, 0.2) is 72.3 Å². The summed E-state index contributed by atoms with van der Waals surface area (Å²) < 4.78 is 19.6. The van der Waals surface area contributed by atoms with Gasteiger partial charge in [-0.05, 0) is 65.6 Å². The molecule has 166 valence electrons. The molecule has 1 aliphatic rings. The topological polar surface area (TPSA) is 75.7 Å². The highest BCUT2D eigenvalue weighted by Crippen LogP contribution is 2.27. The summed E-state index contributed by atoms with van der Waals surface area (Å²) >= 11 is 0. The second-order valence-electron chi connectivity index (χ2n) is 7.63. The van der Waals surface area contributed by atoms with Gasteiger partial charge in [-0.2, -0.15) is 0 Å². The summed E-state index contributed by atoms with van der Waals surface area (Å²) in [4.78, 5) is 39.2. The van der Waals surface area contributed by atoms with Crippen LogP contribution in [0.3, 0.4) is 0 Å². The van der Waals surface area contributed by atoms with Gasteiger partial charge in [0.05, 0.1) is 12.8 Å². The van der Waals surface area contributed by atoms with Crippen LogP contribution in [-0.2, 0) is 16.0 Å². The quantitative estimate of drug-likeness (QED) is 0.468. The Hall–Kier alpha value is -4.26. The van der Waals surface area contributed by atoms with Crippen LogP contribution in [0, 0.1) is 12.7 Å². The maximum atomic E-state index is 14.3. The second-order valence-corrected chi connectivity index (χ2v) is 7.63. The lowest BCUT2D eigenvalue weighted by Crippen LogP contribution is -2.54. The predicted octanol–water partition coefficient (Wildman–Crippen LogP) is 4.40. The van der Waals surface area contributed by atoms with E-state index in [4.69, 9.17) is 4.74 Å². The van der Waals surface area contributed by atoms with E-state index in [0.717, 1.165) is 10.5 Å². The summed E-state index contributed by atoms with van der Waals surface area (Å²) in [5.41, 5.74) is 2.68. The van der Waals surface area contributed by atoms with Crippen molar-refractivity contribution in [2.75, 3.05) is 12.0 Å². The highest BCUT2D eigenvalue weighted by Gasteiger charge is 2.37. The van der Waals surface area contributed by atoms with Crippen LogP contribution >= 0.6 is 0 Å². The van der Waals surface area contributed by atoms with E-state index in [-0.39, 0.29) is 17.8 Å². The lowest BCUT2D eigenvalue weighted by molar-refractivity contribution is -0.122. The number of benzene rings is 3. The van der Waals surface area contributed by atoms with Gasteiger partial charge in [-0.25, -0.2) is 14.1 Å². The molecule has 3 aromatic rings. The van der Waals surface area contributed by atoms with Crippen LogP contribution in [0.25, 0.3) is 6.08 Å². The van der Waals surface area contributed by atoms with Crippen molar-refractivity contribution in [3.63, 3.8) is 0 Å². The zero-order valence-electron chi connectivity index (χ0n) is 18.1. The number of hydrogen-bond donors (Lipinski definition) is 1. The summed E-state index contributed by atoms with van der Waals surface area (Å²) in [6.07, 6.45) is 1.64. The maximum absolute atomic E-state index is 14.3. The third-order valence-electron chi connectivity index (χ3n) is 5.35. The van der Waals surface area contributed by atoms with Gasteiger partial charge in [0.25, 0.3) is 11.8 Å². The summed E-state index contributed by atoms with van der Waals surface area (Å²) in [7, 11) is 1.52. The minimum Gasteiger partial charge on any atom is -0.497 e. The molecule has 0 atom stereocenters. The Balaban J connectivity index is 1.77. The van der Waals surface area contributed by atoms with E-state index in [1.54, 1.807) is 54.6 Å². The first kappa shape index (κ1) is 22.0. The monoisotopic (exact) mass is 444 g/mol. The molecule has 3 aromatic carbocycles. The van der Waals surface area contributed by atoms with E-state index in [9.17, 15) is 18.8 Å². The van der Waals surface area contributed by atoms with Gasteiger partial charge < -0.3 is 4.74 Å². The summed E-state index contributed by atoms with van der Waals surface area (Å²) in [6, 6.07) is 17.5. The highest BCUT2D eigenvalue weighted by molar-refractivity contribution is 6.39. The summed E-state index contributed by atoms with van der Waals surface area (Å²) in [6.45, 7) is 1.84. The molecule has 1 saturated heterocycles. The minimum absolute atomic E-state index is 0.198. The fourth-order valence-electron chi connectivity index (χ4n) is 3.66. The molecule has 0 bridgehead atoms. The standard InChI is InChI=1S/C26H21FN2O4/c1-16-6-5-8-20(12-16)29-25(31)22(24(30)28-26(29)32)15-17-10-11-21(33-2)14-19(17)13-18-7-3-4-9-23(18)27/h3-12,14-15H,13H2,1-2H3,(H,28,30,32)/b22-15+. The van der Waals surface area contributed by atoms with Gasteiger partial charge in [0, 0.05) is 6.42 Å².